The lowest BCUT2D eigenvalue weighted by atomic mass is 9.87. The first-order valence-corrected chi connectivity index (χ1v) is 8.46. The Morgan fingerprint density at radius 2 is 2.17 bits per heavy atom. The zero-order valence-corrected chi connectivity index (χ0v) is 13.9. The summed E-state index contributed by atoms with van der Waals surface area (Å²) in [4.78, 5) is 12.2. The summed E-state index contributed by atoms with van der Waals surface area (Å²) < 4.78 is 1.72. The molecule has 0 bridgehead atoms. The second kappa shape index (κ2) is 7.49. The topological polar surface area (TPSA) is 79.2 Å². The highest BCUT2D eigenvalue weighted by atomic mass is 16.3. The van der Waals surface area contributed by atoms with Gasteiger partial charge in [0.25, 0.3) is 0 Å². The van der Waals surface area contributed by atoms with E-state index in [0.717, 1.165) is 36.9 Å². The van der Waals surface area contributed by atoms with Crippen molar-refractivity contribution in [1.29, 1.82) is 0 Å². The number of aliphatic hydroxyl groups is 1. The fraction of sp³-hybridized carbons (Fsp3) is 0.444. The second-order valence-electron chi connectivity index (χ2n) is 6.44. The summed E-state index contributed by atoms with van der Waals surface area (Å²) >= 11 is 0. The van der Waals surface area contributed by atoms with Crippen molar-refractivity contribution in [3.05, 3.63) is 42.1 Å². The van der Waals surface area contributed by atoms with Gasteiger partial charge in [0.2, 0.25) is 0 Å². The predicted octanol–water partition coefficient (Wildman–Crippen LogP) is 2.85. The van der Waals surface area contributed by atoms with Gasteiger partial charge in [-0.15, -0.1) is 0 Å². The lowest BCUT2D eigenvalue weighted by Crippen LogP contribution is -2.36. The highest BCUT2D eigenvalue weighted by Gasteiger charge is 2.20. The lowest BCUT2D eigenvalue weighted by molar-refractivity contribution is 0.101. The third kappa shape index (κ3) is 3.94. The smallest absolute Gasteiger partial charge is 0.320 e. The van der Waals surface area contributed by atoms with Crippen LogP contribution in [0.25, 0.3) is 5.69 Å². The molecule has 3 rings (SSSR count). The van der Waals surface area contributed by atoms with Gasteiger partial charge in [-0.2, -0.15) is 5.10 Å². The van der Waals surface area contributed by atoms with Crippen LogP contribution in [0.5, 0.6) is 0 Å². The summed E-state index contributed by atoms with van der Waals surface area (Å²) in [6, 6.07) is 9.43. The van der Waals surface area contributed by atoms with Crippen LogP contribution in [0.3, 0.4) is 0 Å². The maximum absolute atomic E-state index is 12.2. The molecule has 1 aromatic heterocycles. The van der Waals surface area contributed by atoms with Crippen LogP contribution in [0, 0.1) is 12.8 Å². The number of benzene rings is 1. The van der Waals surface area contributed by atoms with Gasteiger partial charge in [0, 0.05) is 12.6 Å². The molecule has 0 spiro atoms. The second-order valence-corrected chi connectivity index (χ2v) is 6.44. The van der Waals surface area contributed by atoms with Gasteiger partial charge >= 0.3 is 6.03 Å². The van der Waals surface area contributed by atoms with Crippen molar-refractivity contribution in [3.63, 3.8) is 0 Å². The molecule has 0 aliphatic heterocycles. The molecule has 1 aliphatic rings. The van der Waals surface area contributed by atoms with E-state index in [1.165, 1.54) is 0 Å². The molecule has 1 saturated carbocycles. The summed E-state index contributed by atoms with van der Waals surface area (Å²) in [5.74, 6) is 0.978. The Kier molecular flexibility index (Phi) is 5.15. The molecule has 6 heteroatoms. The number of aromatic nitrogens is 2. The number of para-hydroxylation sites is 1. The number of nitrogens with one attached hydrogen (secondary N) is 2. The number of aryl methyl sites for hydroxylation is 1. The molecule has 1 heterocycles. The van der Waals surface area contributed by atoms with Crippen molar-refractivity contribution in [2.75, 3.05) is 11.9 Å². The minimum atomic E-state index is -0.245. The maximum Gasteiger partial charge on any atom is 0.320 e. The standard InChI is InChI=1S/C18H24N4O2/c1-13-5-2-3-8-16(13)22-17(9-10-20-22)21-18(24)19-12-14-6-4-7-15(23)11-14/h2-3,5,8-10,14-15,23H,4,6-7,11-12H2,1H3,(H2,19,21,24). The molecule has 2 amide bonds. The largest absolute Gasteiger partial charge is 0.393 e. The van der Waals surface area contributed by atoms with Gasteiger partial charge < -0.3 is 10.4 Å². The van der Waals surface area contributed by atoms with Crippen molar-refractivity contribution in [3.8, 4) is 5.69 Å². The number of aliphatic hydroxyl groups excluding tert-OH is 1. The van der Waals surface area contributed by atoms with E-state index in [1.54, 1.807) is 16.9 Å². The number of carbonyl (C=O) groups excluding carboxylic acids is 1. The van der Waals surface area contributed by atoms with Crippen molar-refractivity contribution in [2.45, 2.75) is 38.7 Å². The van der Waals surface area contributed by atoms with E-state index in [2.05, 4.69) is 15.7 Å². The minimum Gasteiger partial charge on any atom is -0.393 e. The molecule has 1 aromatic carbocycles. The van der Waals surface area contributed by atoms with Crippen LogP contribution in [0.15, 0.2) is 36.5 Å². The summed E-state index contributed by atoms with van der Waals surface area (Å²) in [6.45, 7) is 2.59. The Morgan fingerprint density at radius 3 is 2.96 bits per heavy atom. The number of carbonyl (C=O) groups is 1. The van der Waals surface area contributed by atoms with Crippen LogP contribution < -0.4 is 10.6 Å². The van der Waals surface area contributed by atoms with Crippen LogP contribution in [0.1, 0.15) is 31.2 Å². The summed E-state index contributed by atoms with van der Waals surface area (Å²) in [7, 11) is 0. The molecule has 2 atom stereocenters. The number of hydrogen-bond acceptors (Lipinski definition) is 3. The molecule has 6 nitrogen and oxygen atoms in total. The molecule has 0 radical (unpaired) electrons. The number of urea groups is 1. The molecule has 2 unspecified atom stereocenters. The number of amides is 2. The first-order chi connectivity index (χ1) is 11.6. The maximum atomic E-state index is 12.2. The van der Waals surface area contributed by atoms with Gasteiger partial charge in [-0.25, -0.2) is 9.48 Å². The predicted molar refractivity (Wildman–Crippen MR) is 93.3 cm³/mol. The number of nitrogens with zero attached hydrogens (tertiary/aromatic N) is 2. The van der Waals surface area contributed by atoms with Crippen LogP contribution in [-0.4, -0.2) is 33.6 Å². The van der Waals surface area contributed by atoms with Crippen LogP contribution >= 0.6 is 0 Å². The first-order valence-electron chi connectivity index (χ1n) is 8.46. The van der Waals surface area contributed by atoms with E-state index in [4.69, 9.17) is 0 Å². The van der Waals surface area contributed by atoms with Gasteiger partial charge in [-0.3, -0.25) is 5.32 Å². The summed E-state index contributed by atoms with van der Waals surface area (Å²) in [5.41, 5.74) is 2.02. The molecular formula is C18H24N4O2. The number of anilines is 1. The first kappa shape index (κ1) is 16.5. The third-order valence-corrected chi connectivity index (χ3v) is 4.53. The molecule has 2 aromatic rings. The SMILES string of the molecule is Cc1ccccc1-n1nccc1NC(=O)NCC1CCCC(O)C1. The highest BCUT2D eigenvalue weighted by molar-refractivity contribution is 5.88. The van der Waals surface area contributed by atoms with Gasteiger partial charge in [0.1, 0.15) is 5.82 Å². The van der Waals surface area contributed by atoms with Gasteiger partial charge in [-0.05, 0) is 43.7 Å². The van der Waals surface area contributed by atoms with Crippen molar-refractivity contribution in [2.24, 2.45) is 5.92 Å². The number of hydrogen-bond donors (Lipinski definition) is 3. The Bertz CT molecular complexity index is 698. The third-order valence-electron chi connectivity index (χ3n) is 4.53. The fourth-order valence-corrected chi connectivity index (χ4v) is 3.24. The molecule has 3 N–H and O–H groups in total. The Morgan fingerprint density at radius 1 is 1.33 bits per heavy atom. The molecule has 0 saturated heterocycles. The molecule has 1 fully saturated rings. The summed E-state index contributed by atoms with van der Waals surface area (Å²) in [5, 5.41) is 19.8. The Hall–Kier alpha value is -2.34. The lowest BCUT2D eigenvalue weighted by Gasteiger charge is -2.25. The minimum absolute atomic E-state index is 0.226. The summed E-state index contributed by atoms with van der Waals surface area (Å²) in [6.07, 6.45) is 5.16. The zero-order valence-electron chi connectivity index (χ0n) is 13.9. The van der Waals surface area contributed by atoms with Crippen LogP contribution in [0.4, 0.5) is 10.6 Å². The average Bonchev–Trinajstić information content (AvgIpc) is 3.01. The quantitative estimate of drug-likeness (QED) is 0.807. The molecule has 128 valence electrons. The van der Waals surface area contributed by atoms with Crippen molar-refractivity contribution < 1.29 is 9.90 Å². The molecular weight excluding hydrogens is 304 g/mol. The molecule has 1 aliphatic carbocycles. The van der Waals surface area contributed by atoms with Crippen molar-refractivity contribution in [1.82, 2.24) is 15.1 Å². The molecule has 24 heavy (non-hydrogen) atoms. The van der Waals surface area contributed by atoms with E-state index in [9.17, 15) is 9.90 Å². The van der Waals surface area contributed by atoms with Crippen molar-refractivity contribution >= 4 is 11.8 Å². The van der Waals surface area contributed by atoms with E-state index < -0.39 is 0 Å². The van der Waals surface area contributed by atoms with Gasteiger partial charge in [0.05, 0.1) is 18.0 Å². The van der Waals surface area contributed by atoms with E-state index in [0.29, 0.717) is 18.3 Å². The van der Waals surface area contributed by atoms with Crippen LogP contribution in [-0.2, 0) is 0 Å². The normalized spacial score (nSPS) is 20.6. The zero-order chi connectivity index (χ0) is 16.9. The van der Waals surface area contributed by atoms with Crippen LogP contribution in [0.2, 0.25) is 0 Å². The van der Waals surface area contributed by atoms with Gasteiger partial charge in [-0.1, -0.05) is 24.6 Å². The monoisotopic (exact) mass is 328 g/mol. The van der Waals surface area contributed by atoms with E-state index in [1.807, 2.05) is 31.2 Å². The van der Waals surface area contributed by atoms with E-state index >= 15 is 0 Å². The Balaban J connectivity index is 1.59. The van der Waals surface area contributed by atoms with Gasteiger partial charge in [0.15, 0.2) is 0 Å². The number of rotatable bonds is 4. The highest BCUT2D eigenvalue weighted by Crippen LogP contribution is 2.23. The Labute approximate surface area is 141 Å². The van der Waals surface area contributed by atoms with E-state index in [-0.39, 0.29) is 12.1 Å². The fourth-order valence-electron chi connectivity index (χ4n) is 3.24. The average molecular weight is 328 g/mol.